The Bertz CT molecular complexity index is 710. The van der Waals surface area contributed by atoms with Gasteiger partial charge in [-0.2, -0.15) is 0 Å². The number of carbonyl (C=O) groups excluding carboxylic acids is 1. The molecule has 0 saturated carbocycles. The Balaban J connectivity index is 1.38. The van der Waals surface area contributed by atoms with Crippen molar-refractivity contribution in [2.45, 2.75) is 37.8 Å². The Morgan fingerprint density at radius 1 is 1.04 bits per heavy atom. The van der Waals surface area contributed by atoms with Crippen molar-refractivity contribution in [1.29, 1.82) is 0 Å². The molecule has 3 rings (SSSR count). The first kappa shape index (κ1) is 19.8. The zero-order valence-electron chi connectivity index (χ0n) is 16.0. The monoisotopic (exact) mass is 385 g/mol. The third kappa shape index (κ3) is 6.60. The van der Waals surface area contributed by atoms with Crippen LogP contribution in [0.4, 0.5) is 0 Å². The van der Waals surface area contributed by atoms with Crippen molar-refractivity contribution in [3.63, 3.8) is 0 Å². The Kier molecular flexibility index (Phi) is 7.60. The van der Waals surface area contributed by atoms with Gasteiger partial charge in [0.2, 0.25) is 5.91 Å². The summed E-state index contributed by atoms with van der Waals surface area (Å²) in [7, 11) is 0. The smallest absolute Gasteiger partial charge is 0.230 e. The van der Waals surface area contributed by atoms with Crippen molar-refractivity contribution in [1.82, 2.24) is 5.32 Å². The number of thioether (sulfide) groups is 1. The van der Waals surface area contributed by atoms with Gasteiger partial charge in [-0.15, -0.1) is 11.8 Å². The lowest BCUT2D eigenvalue weighted by molar-refractivity contribution is -0.901. The second-order valence-corrected chi connectivity index (χ2v) is 7.97. The summed E-state index contributed by atoms with van der Waals surface area (Å²) in [6.07, 6.45) is 2.71. The zero-order valence-corrected chi connectivity index (χ0v) is 16.8. The van der Waals surface area contributed by atoms with Crippen molar-refractivity contribution in [3.8, 4) is 5.75 Å². The van der Waals surface area contributed by atoms with Crippen LogP contribution in [0, 0.1) is 0 Å². The first-order valence-corrected chi connectivity index (χ1v) is 10.8. The number of rotatable bonds is 9. The predicted octanol–water partition coefficient (Wildman–Crippen LogP) is 2.67. The van der Waals surface area contributed by atoms with E-state index in [0.29, 0.717) is 18.9 Å². The van der Waals surface area contributed by atoms with Gasteiger partial charge < -0.3 is 15.0 Å². The molecular weight excluding hydrogens is 356 g/mol. The summed E-state index contributed by atoms with van der Waals surface area (Å²) < 4.78 is 5.43. The molecule has 0 atom stereocenters. The summed E-state index contributed by atoms with van der Waals surface area (Å²) >= 11 is 1.54. The molecule has 0 aliphatic carbocycles. The first-order valence-electron chi connectivity index (χ1n) is 9.76. The number of hydrogen-bond donors (Lipinski definition) is 2. The highest BCUT2D eigenvalue weighted by molar-refractivity contribution is 8.00. The highest BCUT2D eigenvalue weighted by Crippen LogP contribution is 2.21. The Labute approximate surface area is 166 Å². The van der Waals surface area contributed by atoms with Gasteiger partial charge in [0.25, 0.3) is 0 Å². The molecule has 0 radical (unpaired) electrons. The van der Waals surface area contributed by atoms with Crippen LogP contribution in [0.1, 0.15) is 30.9 Å². The summed E-state index contributed by atoms with van der Waals surface area (Å²) in [5.41, 5.74) is 2.53. The van der Waals surface area contributed by atoms with Gasteiger partial charge in [-0.3, -0.25) is 4.79 Å². The van der Waals surface area contributed by atoms with Crippen molar-refractivity contribution in [2.24, 2.45) is 0 Å². The van der Waals surface area contributed by atoms with E-state index in [2.05, 4.69) is 29.6 Å². The van der Waals surface area contributed by atoms with E-state index in [1.807, 2.05) is 31.2 Å². The lowest BCUT2D eigenvalue weighted by atomic mass is 10.1. The van der Waals surface area contributed by atoms with Crippen molar-refractivity contribution in [2.75, 3.05) is 25.4 Å². The molecule has 1 amide bonds. The van der Waals surface area contributed by atoms with E-state index in [9.17, 15) is 4.79 Å². The van der Waals surface area contributed by atoms with E-state index in [0.717, 1.165) is 22.8 Å². The molecule has 144 valence electrons. The maximum Gasteiger partial charge on any atom is 0.230 e. The maximum absolute atomic E-state index is 12.1. The van der Waals surface area contributed by atoms with Gasteiger partial charge in [0.1, 0.15) is 12.3 Å². The van der Waals surface area contributed by atoms with E-state index in [-0.39, 0.29) is 5.91 Å². The SMILES string of the molecule is CCOc1ccc(SCC(=O)NCc2ccc(C[NH+]3CCCC3)cc2)cc1. The number of ether oxygens (including phenoxy) is 1. The van der Waals surface area contributed by atoms with Crippen LogP contribution in [0.2, 0.25) is 0 Å². The summed E-state index contributed by atoms with van der Waals surface area (Å²) in [6, 6.07) is 16.5. The van der Waals surface area contributed by atoms with Gasteiger partial charge in [-0.05, 0) is 36.8 Å². The third-order valence-corrected chi connectivity index (χ3v) is 5.79. The molecule has 5 heteroatoms. The van der Waals surface area contributed by atoms with E-state index in [1.54, 1.807) is 16.7 Å². The fraction of sp³-hybridized carbons (Fsp3) is 0.409. The molecule has 1 aliphatic rings. The lowest BCUT2D eigenvalue weighted by Gasteiger charge is -2.12. The Morgan fingerprint density at radius 2 is 1.70 bits per heavy atom. The molecule has 1 aliphatic heterocycles. The number of quaternary nitrogens is 1. The van der Waals surface area contributed by atoms with Crippen molar-refractivity contribution in [3.05, 3.63) is 59.7 Å². The van der Waals surface area contributed by atoms with Crippen LogP contribution in [-0.2, 0) is 17.9 Å². The van der Waals surface area contributed by atoms with E-state index in [4.69, 9.17) is 4.74 Å². The molecule has 2 aromatic rings. The number of nitrogens with one attached hydrogen (secondary N) is 2. The molecule has 2 N–H and O–H groups in total. The van der Waals surface area contributed by atoms with Gasteiger partial charge in [0.15, 0.2) is 0 Å². The highest BCUT2D eigenvalue weighted by atomic mass is 32.2. The molecule has 1 heterocycles. The Morgan fingerprint density at radius 3 is 2.37 bits per heavy atom. The summed E-state index contributed by atoms with van der Waals surface area (Å²) in [5, 5.41) is 3.00. The number of likely N-dealkylation sites (tertiary alicyclic amines) is 1. The highest BCUT2D eigenvalue weighted by Gasteiger charge is 2.15. The minimum absolute atomic E-state index is 0.0551. The molecule has 2 aromatic carbocycles. The Hall–Kier alpha value is -1.98. The van der Waals surface area contributed by atoms with Crippen LogP contribution in [0.25, 0.3) is 0 Å². The van der Waals surface area contributed by atoms with E-state index in [1.165, 1.54) is 31.5 Å². The summed E-state index contributed by atoms with van der Waals surface area (Å²) in [4.78, 5) is 14.9. The quantitative estimate of drug-likeness (QED) is 0.652. The first-order chi connectivity index (χ1) is 13.2. The van der Waals surface area contributed by atoms with Crippen molar-refractivity contribution >= 4 is 17.7 Å². The minimum Gasteiger partial charge on any atom is -0.494 e. The molecule has 0 spiro atoms. The fourth-order valence-electron chi connectivity index (χ4n) is 3.31. The summed E-state index contributed by atoms with van der Waals surface area (Å²) in [6.45, 7) is 6.92. The fourth-order valence-corrected chi connectivity index (χ4v) is 4.04. The normalized spacial score (nSPS) is 14.3. The van der Waals surface area contributed by atoms with Gasteiger partial charge >= 0.3 is 0 Å². The van der Waals surface area contributed by atoms with Crippen LogP contribution in [0.3, 0.4) is 0 Å². The molecular formula is C22H29N2O2S+. The molecule has 0 unspecified atom stereocenters. The molecule has 0 aromatic heterocycles. The van der Waals surface area contributed by atoms with E-state index >= 15 is 0 Å². The third-order valence-electron chi connectivity index (χ3n) is 4.78. The average Bonchev–Trinajstić information content (AvgIpc) is 3.20. The predicted molar refractivity (Wildman–Crippen MR) is 110 cm³/mol. The van der Waals surface area contributed by atoms with E-state index < -0.39 is 0 Å². The summed E-state index contributed by atoms with van der Waals surface area (Å²) in [5.74, 6) is 1.34. The second-order valence-electron chi connectivity index (χ2n) is 6.92. The van der Waals surface area contributed by atoms with Crippen LogP contribution in [-0.4, -0.2) is 31.4 Å². The van der Waals surface area contributed by atoms with Gasteiger partial charge in [0.05, 0.1) is 25.4 Å². The topological polar surface area (TPSA) is 42.8 Å². The van der Waals surface area contributed by atoms with Gasteiger partial charge in [-0.1, -0.05) is 24.3 Å². The standard InChI is InChI=1S/C22H28N2O2S/c1-2-26-20-9-11-21(12-10-20)27-17-22(25)23-15-18-5-7-19(8-6-18)16-24-13-3-4-14-24/h5-12H,2-4,13-17H2,1H3,(H,23,25)/p+1. The molecule has 4 nitrogen and oxygen atoms in total. The minimum atomic E-state index is 0.0551. The van der Waals surface area contributed by atoms with Crippen LogP contribution >= 0.6 is 11.8 Å². The maximum atomic E-state index is 12.1. The number of carbonyl (C=O) groups is 1. The zero-order chi connectivity index (χ0) is 18.9. The van der Waals surface area contributed by atoms with Gasteiger partial charge in [-0.25, -0.2) is 0 Å². The molecule has 27 heavy (non-hydrogen) atoms. The molecule has 1 fully saturated rings. The average molecular weight is 386 g/mol. The number of amides is 1. The second kappa shape index (κ2) is 10.4. The van der Waals surface area contributed by atoms with Crippen molar-refractivity contribution < 1.29 is 14.4 Å². The van der Waals surface area contributed by atoms with Crippen LogP contribution in [0.15, 0.2) is 53.4 Å². The van der Waals surface area contributed by atoms with Crippen LogP contribution < -0.4 is 15.0 Å². The van der Waals surface area contributed by atoms with Crippen LogP contribution in [0.5, 0.6) is 5.75 Å². The number of hydrogen-bond acceptors (Lipinski definition) is 3. The molecule has 0 bridgehead atoms. The largest absolute Gasteiger partial charge is 0.494 e. The number of benzene rings is 2. The molecule has 1 saturated heterocycles. The lowest BCUT2D eigenvalue weighted by Crippen LogP contribution is -3.08. The van der Waals surface area contributed by atoms with Gasteiger partial charge in [0, 0.05) is 29.8 Å².